The standard InChI is InChI=1S/C17H18FN3OS/c1-4-17(5-2,10-19)15(22)21-16-20-14(11(3)23-16)12-6-8-13(18)9-7-12/h6-9H,4-5H2,1-3H3,(H,20,21,22). The number of aryl methyl sites for hydroxylation is 1. The third kappa shape index (κ3) is 3.40. The molecule has 23 heavy (non-hydrogen) atoms. The summed E-state index contributed by atoms with van der Waals surface area (Å²) in [6, 6.07) is 8.18. The van der Waals surface area contributed by atoms with Crippen LogP contribution in [-0.2, 0) is 4.79 Å². The number of nitrogens with one attached hydrogen (secondary N) is 1. The molecule has 0 saturated carbocycles. The van der Waals surface area contributed by atoms with Crippen LogP contribution < -0.4 is 5.32 Å². The molecule has 0 saturated heterocycles. The highest BCUT2D eigenvalue weighted by Gasteiger charge is 2.35. The summed E-state index contributed by atoms with van der Waals surface area (Å²) in [6.07, 6.45) is 0.891. The first-order chi connectivity index (χ1) is 11.0. The van der Waals surface area contributed by atoms with E-state index in [4.69, 9.17) is 0 Å². The Balaban J connectivity index is 2.27. The van der Waals surface area contributed by atoms with Gasteiger partial charge in [-0.1, -0.05) is 13.8 Å². The maximum absolute atomic E-state index is 13.0. The van der Waals surface area contributed by atoms with Crippen molar-refractivity contribution >= 4 is 22.4 Å². The number of nitrogens with zero attached hydrogens (tertiary/aromatic N) is 2. The molecule has 0 fully saturated rings. The Labute approximate surface area is 139 Å². The van der Waals surface area contributed by atoms with Crippen molar-refractivity contribution in [2.24, 2.45) is 5.41 Å². The van der Waals surface area contributed by atoms with E-state index in [2.05, 4.69) is 16.4 Å². The second-order valence-electron chi connectivity index (χ2n) is 5.29. The van der Waals surface area contributed by atoms with Crippen LogP contribution in [-0.4, -0.2) is 10.9 Å². The largest absolute Gasteiger partial charge is 0.301 e. The molecule has 0 aliphatic carbocycles. The molecule has 0 atom stereocenters. The van der Waals surface area contributed by atoms with E-state index < -0.39 is 5.41 Å². The lowest BCUT2D eigenvalue weighted by Gasteiger charge is -2.21. The summed E-state index contributed by atoms with van der Waals surface area (Å²) in [5.41, 5.74) is 0.467. The highest BCUT2D eigenvalue weighted by atomic mass is 32.1. The summed E-state index contributed by atoms with van der Waals surface area (Å²) in [5, 5.41) is 12.5. The van der Waals surface area contributed by atoms with Gasteiger partial charge in [0.1, 0.15) is 11.2 Å². The lowest BCUT2D eigenvalue weighted by molar-refractivity contribution is -0.123. The molecule has 1 heterocycles. The molecule has 1 aromatic carbocycles. The van der Waals surface area contributed by atoms with Crippen LogP contribution in [0.1, 0.15) is 31.6 Å². The molecule has 120 valence electrons. The van der Waals surface area contributed by atoms with Crippen molar-refractivity contribution in [1.82, 2.24) is 4.98 Å². The van der Waals surface area contributed by atoms with Crippen LogP contribution in [0.2, 0.25) is 0 Å². The number of hydrogen-bond acceptors (Lipinski definition) is 4. The first-order valence-corrected chi connectivity index (χ1v) is 8.23. The van der Waals surface area contributed by atoms with Gasteiger partial charge in [0.05, 0.1) is 11.8 Å². The lowest BCUT2D eigenvalue weighted by atomic mass is 9.83. The second kappa shape index (κ2) is 6.88. The van der Waals surface area contributed by atoms with Gasteiger partial charge in [-0.2, -0.15) is 5.26 Å². The van der Waals surface area contributed by atoms with Gasteiger partial charge in [0.15, 0.2) is 5.13 Å². The van der Waals surface area contributed by atoms with Crippen LogP contribution in [0.15, 0.2) is 24.3 Å². The van der Waals surface area contributed by atoms with Crippen LogP contribution in [0.5, 0.6) is 0 Å². The van der Waals surface area contributed by atoms with Gasteiger partial charge in [-0.3, -0.25) is 4.79 Å². The molecule has 2 rings (SSSR count). The number of thiazole rings is 1. The number of halogens is 1. The fraction of sp³-hybridized carbons (Fsp3) is 0.353. The van der Waals surface area contributed by atoms with E-state index in [0.717, 1.165) is 10.4 Å². The van der Waals surface area contributed by atoms with Crippen molar-refractivity contribution in [3.63, 3.8) is 0 Å². The summed E-state index contributed by atoms with van der Waals surface area (Å²) in [6.45, 7) is 5.54. The molecule has 6 heteroatoms. The number of aromatic nitrogens is 1. The predicted molar refractivity (Wildman–Crippen MR) is 89.5 cm³/mol. The molecular formula is C17H18FN3OS. The van der Waals surface area contributed by atoms with Crippen LogP contribution >= 0.6 is 11.3 Å². The Morgan fingerprint density at radius 1 is 1.35 bits per heavy atom. The Morgan fingerprint density at radius 2 is 1.96 bits per heavy atom. The van der Waals surface area contributed by atoms with Crippen LogP contribution in [0, 0.1) is 29.5 Å². The number of nitriles is 1. The molecule has 1 aromatic heterocycles. The molecular weight excluding hydrogens is 313 g/mol. The van der Waals surface area contributed by atoms with E-state index in [1.54, 1.807) is 12.1 Å². The monoisotopic (exact) mass is 331 g/mol. The zero-order valence-corrected chi connectivity index (χ0v) is 14.1. The quantitative estimate of drug-likeness (QED) is 0.875. The second-order valence-corrected chi connectivity index (χ2v) is 6.49. The topological polar surface area (TPSA) is 65.8 Å². The first-order valence-electron chi connectivity index (χ1n) is 7.41. The minimum atomic E-state index is -1.03. The van der Waals surface area contributed by atoms with Crippen molar-refractivity contribution in [1.29, 1.82) is 5.26 Å². The van der Waals surface area contributed by atoms with Gasteiger partial charge in [-0.05, 0) is 44.0 Å². The van der Waals surface area contributed by atoms with E-state index in [-0.39, 0.29) is 11.7 Å². The maximum atomic E-state index is 13.0. The molecule has 0 bridgehead atoms. The molecule has 1 N–H and O–H groups in total. The van der Waals surface area contributed by atoms with E-state index in [1.165, 1.54) is 23.5 Å². The zero-order valence-electron chi connectivity index (χ0n) is 13.3. The summed E-state index contributed by atoms with van der Waals surface area (Å²) in [7, 11) is 0. The summed E-state index contributed by atoms with van der Waals surface area (Å²) >= 11 is 1.34. The van der Waals surface area contributed by atoms with Crippen LogP contribution in [0.4, 0.5) is 9.52 Å². The summed E-state index contributed by atoms with van der Waals surface area (Å²) in [4.78, 5) is 17.8. The van der Waals surface area contributed by atoms with Crippen molar-refractivity contribution in [3.8, 4) is 17.3 Å². The summed E-state index contributed by atoms with van der Waals surface area (Å²) in [5.74, 6) is -0.635. The number of benzene rings is 1. The number of rotatable bonds is 5. The van der Waals surface area contributed by atoms with E-state index in [1.807, 2.05) is 20.8 Å². The zero-order chi connectivity index (χ0) is 17.0. The Hall–Kier alpha value is -2.26. The molecule has 4 nitrogen and oxygen atoms in total. The van der Waals surface area contributed by atoms with Crippen molar-refractivity contribution in [2.45, 2.75) is 33.6 Å². The summed E-state index contributed by atoms with van der Waals surface area (Å²) < 4.78 is 13.0. The number of hydrogen-bond donors (Lipinski definition) is 1. The normalized spacial score (nSPS) is 11.1. The van der Waals surface area contributed by atoms with Gasteiger partial charge in [0, 0.05) is 10.4 Å². The van der Waals surface area contributed by atoms with Gasteiger partial charge >= 0.3 is 0 Å². The predicted octanol–water partition coefficient (Wildman–Crippen LogP) is 4.53. The molecule has 0 radical (unpaired) electrons. The maximum Gasteiger partial charge on any atom is 0.246 e. The van der Waals surface area contributed by atoms with Crippen molar-refractivity contribution in [2.75, 3.05) is 5.32 Å². The first kappa shape index (κ1) is 17.1. The third-order valence-corrected chi connectivity index (χ3v) is 4.88. The number of amides is 1. The highest BCUT2D eigenvalue weighted by Crippen LogP contribution is 2.33. The Morgan fingerprint density at radius 3 is 2.48 bits per heavy atom. The molecule has 0 unspecified atom stereocenters. The van der Waals surface area contributed by atoms with Gasteiger partial charge in [-0.25, -0.2) is 9.37 Å². The minimum Gasteiger partial charge on any atom is -0.301 e. The van der Waals surface area contributed by atoms with Crippen molar-refractivity contribution in [3.05, 3.63) is 35.0 Å². The van der Waals surface area contributed by atoms with Crippen LogP contribution in [0.25, 0.3) is 11.3 Å². The average Bonchev–Trinajstić information content (AvgIpc) is 2.91. The van der Waals surface area contributed by atoms with E-state index in [0.29, 0.717) is 23.7 Å². The van der Waals surface area contributed by atoms with E-state index in [9.17, 15) is 14.4 Å². The molecule has 0 aliphatic heterocycles. The lowest BCUT2D eigenvalue weighted by Crippen LogP contribution is -2.33. The van der Waals surface area contributed by atoms with Gasteiger partial charge in [0.25, 0.3) is 0 Å². The Kier molecular flexibility index (Phi) is 5.12. The molecule has 2 aromatic rings. The fourth-order valence-electron chi connectivity index (χ4n) is 2.32. The number of carbonyl (C=O) groups excluding carboxylic acids is 1. The van der Waals surface area contributed by atoms with Gasteiger partial charge in [-0.15, -0.1) is 11.3 Å². The number of carbonyl (C=O) groups is 1. The molecule has 0 spiro atoms. The molecule has 0 aliphatic rings. The van der Waals surface area contributed by atoms with Gasteiger partial charge in [0.2, 0.25) is 5.91 Å². The molecule has 1 amide bonds. The number of anilines is 1. The smallest absolute Gasteiger partial charge is 0.246 e. The fourth-order valence-corrected chi connectivity index (χ4v) is 3.15. The SMILES string of the molecule is CCC(C#N)(CC)C(=O)Nc1nc(-c2ccc(F)cc2)c(C)s1. The third-order valence-electron chi connectivity index (χ3n) is 3.99. The van der Waals surface area contributed by atoms with Crippen molar-refractivity contribution < 1.29 is 9.18 Å². The Bertz CT molecular complexity index is 742. The highest BCUT2D eigenvalue weighted by molar-refractivity contribution is 7.16. The van der Waals surface area contributed by atoms with E-state index >= 15 is 0 Å². The average molecular weight is 331 g/mol. The van der Waals surface area contributed by atoms with Gasteiger partial charge < -0.3 is 5.32 Å². The minimum absolute atomic E-state index is 0.306. The van der Waals surface area contributed by atoms with Crippen LogP contribution in [0.3, 0.4) is 0 Å².